The van der Waals surface area contributed by atoms with Crippen molar-refractivity contribution in [1.29, 1.82) is 0 Å². The van der Waals surface area contributed by atoms with Crippen LogP contribution in [0, 0.1) is 12.8 Å². The van der Waals surface area contributed by atoms with Crippen molar-refractivity contribution in [2.75, 3.05) is 5.32 Å². The lowest BCUT2D eigenvalue weighted by atomic mass is 10.1. The standard InChI is InChI=1S/C12H17BrN2O/c1-4-5-8(2)12(16)15-11-9(3)6-10(13)7-14-11/h6-8H,4-5H2,1-3H3,(H,14,15,16). The minimum atomic E-state index is 0.0369. The van der Waals surface area contributed by atoms with Crippen molar-refractivity contribution in [3.8, 4) is 0 Å². The van der Waals surface area contributed by atoms with E-state index in [2.05, 4.69) is 33.2 Å². The second kappa shape index (κ2) is 5.99. The first kappa shape index (κ1) is 13.2. The van der Waals surface area contributed by atoms with Gasteiger partial charge in [0, 0.05) is 16.6 Å². The van der Waals surface area contributed by atoms with Gasteiger partial charge >= 0.3 is 0 Å². The van der Waals surface area contributed by atoms with Crippen molar-refractivity contribution in [2.24, 2.45) is 5.92 Å². The maximum atomic E-state index is 11.8. The predicted molar refractivity (Wildman–Crippen MR) is 69.4 cm³/mol. The average molecular weight is 285 g/mol. The first-order valence-electron chi connectivity index (χ1n) is 5.47. The summed E-state index contributed by atoms with van der Waals surface area (Å²) in [5, 5.41) is 2.85. The molecule has 88 valence electrons. The Kier molecular flexibility index (Phi) is 4.93. The zero-order chi connectivity index (χ0) is 12.1. The third-order valence-corrected chi connectivity index (χ3v) is 2.89. The zero-order valence-electron chi connectivity index (χ0n) is 9.88. The van der Waals surface area contributed by atoms with E-state index in [0.29, 0.717) is 5.82 Å². The van der Waals surface area contributed by atoms with Gasteiger partial charge in [0.05, 0.1) is 0 Å². The van der Waals surface area contributed by atoms with Gasteiger partial charge in [-0.15, -0.1) is 0 Å². The van der Waals surface area contributed by atoms with Gasteiger partial charge in [-0.1, -0.05) is 20.3 Å². The molecule has 0 saturated carbocycles. The second-order valence-electron chi connectivity index (χ2n) is 4.00. The minimum Gasteiger partial charge on any atom is -0.310 e. The Hall–Kier alpha value is -0.900. The van der Waals surface area contributed by atoms with E-state index in [1.165, 1.54) is 0 Å². The highest BCUT2D eigenvalue weighted by molar-refractivity contribution is 9.10. The van der Waals surface area contributed by atoms with Crippen LogP contribution >= 0.6 is 15.9 Å². The number of anilines is 1. The predicted octanol–water partition coefficient (Wildman–Crippen LogP) is 3.53. The summed E-state index contributed by atoms with van der Waals surface area (Å²) < 4.78 is 0.921. The molecule has 0 fully saturated rings. The van der Waals surface area contributed by atoms with Crippen LogP contribution in [0.4, 0.5) is 5.82 Å². The minimum absolute atomic E-state index is 0.0369. The molecule has 0 aliphatic rings. The fourth-order valence-electron chi connectivity index (χ4n) is 1.48. The maximum absolute atomic E-state index is 11.8. The van der Waals surface area contributed by atoms with Crippen molar-refractivity contribution >= 4 is 27.7 Å². The monoisotopic (exact) mass is 284 g/mol. The van der Waals surface area contributed by atoms with E-state index in [-0.39, 0.29) is 11.8 Å². The number of amides is 1. The van der Waals surface area contributed by atoms with Crippen molar-refractivity contribution in [2.45, 2.75) is 33.6 Å². The molecule has 1 N–H and O–H groups in total. The number of hydrogen-bond acceptors (Lipinski definition) is 2. The van der Waals surface area contributed by atoms with Gasteiger partial charge in [-0.05, 0) is 40.9 Å². The molecule has 1 unspecified atom stereocenters. The molecule has 1 amide bonds. The van der Waals surface area contributed by atoms with E-state index in [1.54, 1.807) is 6.20 Å². The Morgan fingerprint density at radius 1 is 1.62 bits per heavy atom. The molecule has 0 aliphatic heterocycles. The van der Waals surface area contributed by atoms with Gasteiger partial charge in [0.1, 0.15) is 5.82 Å². The molecular formula is C12H17BrN2O. The Labute approximate surface area is 105 Å². The van der Waals surface area contributed by atoms with Crippen molar-refractivity contribution in [3.05, 3.63) is 22.3 Å². The van der Waals surface area contributed by atoms with E-state index in [1.807, 2.05) is 19.9 Å². The van der Waals surface area contributed by atoms with Crippen LogP contribution in [-0.2, 0) is 4.79 Å². The zero-order valence-corrected chi connectivity index (χ0v) is 11.5. The first-order valence-corrected chi connectivity index (χ1v) is 6.27. The highest BCUT2D eigenvalue weighted by Crippen LogP contribution is 2.18. The summed E-state index contributed by atoms with van der Waals surface area (Å²) in [5.74, 6) is 0.728. The molecule has 0 radical (unpaired) electrons. The Bertz CT molecular complexity index is 379. The largest absolute Gasteiger partial charge is 0.310 e. The highest BCUT2D eigenvalue weighted by atomic mass is 79.9. The molecule has 0 aromatic carbocycles. The van der Waals surface area contributed by atoms with Crippen molar-refractivity contribution in [1.82, 2.24) is 4.98 Å². The van der Waals surface area contributed by atoms with Crippen LogP contribution in [0.3, 0.4) is 0 Å². The molecule has 0 saturated heterocycles. The molecule has 1 rings (SSSR count). The normalized spacial score (nSPS) is 12.2. The van der Waals surface area contributed by atoms with E-state index < -0.39 is 0 Å². The molecule has 0 bridgehead atoms. The van der Waals surface area contributed by atoms with E-state index in [9.17, 15) is 4.79 Å². The topological polar surface area (TPSA) is 42.0 Å². The number of halogens is 1. The molecule has 1 atom stereocenters. The molecule has 1 aromatic heterocycles. The number of nitrogens with zero attached hydrogens (tertiary/aromatic N) is 1. The van der Waals surface area contributed by atoms with Gasteiger partial charge in [0.15, 0.2) is 0 Å². The van der Waals surface area contributed by atoms with Gasteiger partial charge in [0.25, 0.3) is 0 Å². The Balaban J connectivity index is 2.69. The smallest absolute Gasteiger partial charge is 0.228 e. The summed E-state index contributed by atoms with van der Waals surface area (Å²) >= 11 is 3.34. The fourth-order valence-corrected chi connectivity index (χ4v) is 1.92. The lowest BCUT2D eigenvalue weighted by Gasteiger charge is -2.12. The quantitative estimate of drug-likeness (QED) is 0.919. The van der Waals surface area contributed by atoms with Gasteiger partial charge in [-0.3, -0.25) is 4.79 Å². The maximum Gasteiger partial charge on any atom is 0.228 e. The first-order chi connectivity index (χ1) is 7.54. The summed E-state index contributed by atoms with van der Waals surface area (Å²) in [6, 6.07) is 1.94. The van der Waals surface area contributed by atoms with Gasteiger partial charge in [0.2, 0.25) is 5.91 Å². The second-order valence-corrected chi connectivity index (χ2v) is 4.91. The molecule has 16 heavy (non-hydrogen) atoms. The number of carbonyl (C=O) groups is 1. The van der Waals surface area contributed by atoms with Crippen molar-refractivity contribution < 1.29 is 4.79 Å². The summed E-state index contributed by atoms with van der Waals surface area (Å²) in [5.41, 5.74) is 0.964. The fraction of sp³-hybridized carbons (Fsp3) is 0.500. The lowest BCUT2D eigenvalue weighted by Crippen LogP contribution is -2.21. The molecule has 0 aliphatic carbocycles. The number of rotatable bonds is 4. The Morgan fingerprint density at radius 3 is 2.88 bits per heavy atom. The SMILES string of the molecule is CCCC(C)C(=O)Nc1ncc(Br)cc1C. The highest BCUT2D eigenvalue weighted by Gasteiger charge is 2.13. The number of carbonyl (C=O) groups excluding carboxylic acids is 1. The summed E-state index contributed by atoms with van der Waals surface area (Å²) in [4.78, 5) is 16.0. The number of hydrogen-bond donors (Lipinski definition) is 1. The van der Waals surface area contributed by atoms with Crippen LogP contribution in [0.5, 0.6) is 0 Å². The van der Waals surface area contributed by atoms with E-state index in [4.69, 9.17) is 0 Å². The Morgan fingerprint density at radius 2 is 2.31 bits per heavy atom. The third kappa shape index (κ3) is 3.59. The molecule has 4 heteroatoms. The summed E-state index contributed by atoms with van der Waals surface area (Å²) in [6.07, 6.45) is 3.61. The van der Waals surface area contributed by atoms with Crippen LogP contribution < -0.4 is 5.32 Å². The van der Waals surface area contributed by atoms with Crippen LogP contribution in [0.15, 0.2) is 16.7 Å². The van der Waals surface area contributed by atoms with Crippen LogP contribution in [0.25, 0.3) is 0 Å². The van der Waals surface area contributed by atoms with Gasteiger partial charge < -0.3 is 5.32 Å². The number of aromatic nitrogens is 1. The lowest BCUT2D eigenvalue weighted by molar-refractivity contribution is -0.119. The van der Waals surface area contributed by atoms with Crippen molar-refractivity contribution in [3.63, 3.8) is 0 Å². The number of nitrogens with one attached hydrogen (secondary N) is 1. The molecule has 3 nitrogen and oxygen atoms in total. The van der Waals surface area contributed by atoms with E-state index >= 15 is 0 Å². The molecular weight excluding hydrogens is 268 g/mol. The van der Waals surface area contributed by atoms with E-state index in [0.717, 1.165) is 22.9 Å². The number of aryl methyl sites for hydroxylation is 1. The third-order valence-electron chi connectivity index (χ3n) is 2.46. The van der Waals surface area contributed by atoms with Crippen LogP contribution in [0.2, 0.25) is 0 Å². The molecule has 1 aromatic rings. The number of pyridine rings is 1. The summed E-state index contributed by atoms with van der Waals surface area (Å²) in [6.45, 7) is 5.94. The van der Waals surface area contributed by atoms with Gasteiger partial charge in [-0.2, -0.15) is 0 Å². The average Bonchev–Trinajstić information content (AvgIpc) is 2.22. The van der Waals surface area contributed by atoms with Gasteiger partial charge in [-0.25, -0.2) is 4.98 Å². The summed E-state index contributed by atoms with van der Waals surface area (Å²) in [7, 11) is 0. The van der Waals surface area contributed by atoms with Crippen LogP contribution in [0.1, 0.15) is 32.3 Å². The molecule has 1 heterocycles. The van der Waals surface area contributed by atoms with Crippen LogP contribution in [-0.4, -0.2) is 10.9 Å². The molecule has 0 spiro atoms.